The van der Waals surface area contributed by atoms with Crippen LogP contribution in [0.15, 0.2) is 24.3 Å². The van der Waals surface area contributed by atoms with Crippen molar-refractivity contribution in [1.82, 2.24) is 10.6 Å². The SMILES string of the molecule is CCCNC(C)c1cccc(OC(C)C(=O)NC)c1. The monoisotopic (exact) mass is 264 g/mol. The lowest BCUT2D eigenvalue weighted by Gasteiger charge is -2.17. The molecule has 0 radical (unpaired) electrons. The Morgan fingerprint density at radius 1 is 1.37 bits per heavy atom. The van der Waals surface area contributed by atoms with Gasteiger partial charge < -0.3 is 15.4 Å². The highest BCUT2D eigenvalue weighted by Gasteiger charge is 2.13. The Hall–Kier alpha value is -1.55. The van der Waals surface area contributed by atoms with Gasteiger partial charge in [-0.15, -0.1) is 0 Å². The zero-order valence-corrected chi connectivity index (χ0v) is 12.2. The number of carbonyl (C=O) groups excluding carboxylic acids is 1. The van der Waals surface area contributed by atoms with Crippen molar-refractivity contribution >= 4 is 5.91 Å². The molecule has 0 aliphatic carbocycles. The maximum absolute atomic E-state index is 11.4. The molecule has 0 heterocycles. The molecule has 0 fully saturated rings. The summed E-state index contributed by atoms with van der Waals surface area (Å²) in [6, 6.07) is 8.14. The third-order valence-electron chi connectivity index (χ3n) is 2.99. The van der Waals surface area contributed by atoms with Gasteiger partial charge in [-0.05, 0) is 44.5 Å². The molecule has 2 unspecified atom stereocenters. The fraction of sp³-hybridized carbons (Fsp3) is 0.533. The van der Waals surface area contributed by atoms with Crippen molar-refractivity contribution in [2.24, 2.45) is 0 Å². The van der Waals surface area contributed by atoms with Crippen LogP contribution in [0, 0.1) is 0 Å². The molecule has 0 saturated heterocycles. The van der Waals surface area contributed by atoms with Gasteiger partial charge in [0.1, 0.15) is 5.75 Å². The summed E-state index contributed by atoms with van der Waals surface area (Å²) in [5.41, 5.74) is 1.16. The smallest absolute Gasteiger partial charge is 0.260 e. The van der Waals surface area contributed by atoms with E-state index in [0.717, 1.165) is 24.3 Å². The molecule has 19 heavy (non-hydrogen) atoms. The van der Waals surface area contributed by atoms with Gasteiger partial charge >= 0.3 is 0 Å². The highest BCUT2D eigenvalue weighted by Crippen LogP contribution is 2.20. The van der Waals surface area contributed by atoms with Crippen LogP contribution in [-0.4, -0.2) is 25.6 Å². The first-order valence-corrected chi connectivity index (χ1v) is 6.80. The van der Waals surface area contributed by atoms with E-state index in [1.807, 2.05) is 18.2 Å². The minimum absolute atomic E-state index is 0.123. The van der Waals surface area contributed by atoms with E-state index in [-0.39, 0.29) is 11.9 Å². The molecule has 2 atom stereocenters. The van der Waals surface area contributed by atoms with E-state index in [2.05, 4.69) is 30.5 Å². The van der Waals surface area contributed by atoms with E-state index in [1.54, 1.807) is 14.0 Å². The Morgan fingerprint density at radius 3 is 2.74 bits per heavy atom. The Bertz CT molecular complexity index is 407. The minimum atomic E-state index is -0.487. The fourth-order valence-electron chi connectivity index (χ4n) is 1.80. The van der Waals surface area contributed by atoms with E-state index >= 15 is 0 Å². The van der Waals surface area contributed by atoms with E-state index in [9.17, 15) is 4.79 Å². The number of likely N-dealkylation sites (N-methyl/N-ethyl adjacent to an activating group) is 1. The molecule has 0 aliphatic heterocycles. The highest BCUT2D eigenvalue weighted by atomic mass is 16.5. The maximum atomic E-state index is 11.4. The molecular weight excluding hydrogens is 240 g/mol. The van der Waals surface area contributed by atoms with Crippen LogP contribution in [0.3, 0.4) is 0 Å². The molecule has 1 aromatic rings. The maximum Gasteiger partial charge on any atom is 0.260 e. The van der Waals surface area contributed by atoms with Gasteiger partial charge in [-0.2, -0.15) is 0 Å². The third-order valence-corrected chi connectivity index (χ3v) is 2.99. The molecule has 2 N–H and O–H groups in total. The van der Waals surface area contributed by atoms with Crippen LogP contribution in [0.2, 0.25) is 0 Å². The minimum Gasteiger partial charge on any atom is -0.481 e. The van der Waals surface area contributed by atoms with Crippen molar-refractivity contribution in [3.05, 3.63) is 29.8 Å². The average Bonchev–Trinajstić information content (AvgIpc) is 2.43. The van der Waals surface area contributed by atoms with Crippen LogP contribution in [-0.2, 0) is 4.79 Å². The topological polar surface area (TPSA) is 50.4 Å². The van der Waals surface area contributed by atoms with Crippen LogP contribution in [0.4, 0.5) is 0 Å². The molecule has 1 aromatic carbocycles. The third kappa shape index (κ3) is 4.91. The van der Waals surface area contributed by atoms with Crippen molar-refractivity contribution < 1.29 is 9.53 Å². The lowest BCUT2D eigenvalue weighted by atomic mass is 10.1. The summed E-state index contributed by atoms with van der Waals surface area (Å²) >= 11 is 0. The summed E-state index contributed by atoms with van der Waals surface area (Å²) in [5, 5.41) is 6.00. The lowest BCUT2D eigenvalue weighted by Crippen LogP contribution is -2.33. The summed E-state index contributed by atoms with van der Waals surface area (Å²) in [6.07, 6.45) is 0.619. The van der Waals surface area contributed by atoms with Gasteiger partial charge in [0.05, 0.1) is 0 Å². The van der Waals surface area contributed by atoms with Crippen molar-refractivity contribution in [3.8, 4) is 5.75 Å². The second-order valence-corrected chi connectivity index (χ2v) is 4.62. The van der Waals surface area contributed by atoms with Crippen LogP contribution < -0.4 is 15.4 Å². The zero-order valence-electron chi connectivity index (χ0n) is 12.2. The number of carbonyl (C=O) groups is 1. The van der Waals surface area contributed by atoms with Gasteiger partial charge in [-0.3, -0.25) is 4.79 Å². The second kappa shape index (κ2) is 7.79. The molecular formula is C15H24N2O2. The number of amides is 1. The Morgan fingerprint density at radius 2 is 2.11 bits per heavy atom. The van der Waals surface area contributed by atoms with Crippen LogP contribution in [0.1, 0.15) is 38.8 Å². The zero-order chi connectivity index (χ0) is 14.3. The van der Waals surface area contributed by atoms with E-state index in [4.69, 9.17) is 4.74 Å². The molecule has 0 aliphatic rings. The lowest BCUT2D eigenvalue weighted by molar-refractivity contribution is -0.126. The Balaban J connectivity index is 2.68. The first-order chi connectivity index (χ1) is 9.08. The number of nitrogens with one attached hydrogen (secondary N) is 2. The second-order valence-electron chi connectivity index (χ2n) is 4.62. The molecule has 1 rings (SSSR count). The molecule has 0 aromatic heterocycles. The molecule has 1 amide bonds. The van der Waals surface area contributed by atoms with Gasteiger partial charge in [0.2, 0.25) is 0 Å². The van der Waals surface area contributed by atoms with Crippen molar-refractivity contribution in [3.63, 3.8) is 0 Å². The van der Waals surface area contributed by atoms with E-state index in [1.165, 1.54) is 0 Å². The molecule has 4 heteroatoms. The van der Waals surface area contributed by atoms with Crippen molar-refractivity contribution in [2.45, 2.75) is 39.3 Å². The summed E-state index contributed by atoms with van der Waals surface area (Å²) in [5.74, 6) is 0.598. The predicted octanol–water partition coefficient (Wildman–Crippen LogP) is 2.26. The molecule has 0 saturated carbocycles. The van der Waals surface area contributed by atoms with E-state index in [0.29, 0.717) is 0 Å². The van der Waals surface area contributed by atoms with Gasteiger partial charge in [0, 0.05) is 13.1 Å². The quantitative estimate of drug-likeness (QED) is 0.794. The first-order valence-electron chi connectivity index (χ1n) is 6.80. The summed E-state index contributed by atoms with van der Waals surface area (Å²) in [6.45, 7) is 6.99. The van der Waals surface area contributed by atoms with Crippen LogP contribution in [0.25, 0.3) is 0 Å². The van der Waals surface area contributed by atoms with Gasteiger partial charge in [-0.25, -0.2) is 0 Å². The average molecular weight is 264 g/mol. The number of ether oxygens (including phenoxy) is 1. The molecule has 0 spiro atoms. The standard InChI is InChI=1S/C15H24N2O2/c1-5-9-17-11(2)13-7-6-8-14(10-13)19-12(3)15(18)16-4/h6-8,10-12,17H,5,9H2,1-4H3,(H,16,18). The Labute approximate surface area is 115 Å². The normalized spacial score (nSPS) is 13.7. The number of rotatable bonds is 7. The summed E-state index contributed by atoms with van der Waals surface area (Å²) in [7, 11) is 1.61. The number of hydrogen-bond acceptors (Lipinski definition) is 3. The molecule has 0 bridgehead atoms. The highest BCUT2D eigenvalue weighted by molar-refractivity contribution is 5.80. The summed E-state index contributed by atoms with van der Waals surface area (Å²) < 4.78 is 5.62. The number of benzene rings is 1. The fourth-order valence-corrected chi connectivity index (χ4v) is 1.80. The largest absolute Gasteiger partial charge is 0.481 e. The van der Waals surface area contributed by atoms with Crippen LogP contribution >= 0.6 is 0 Å². The first kappa shape index (κ1) is 15.5. The predicted molar refractivity (Wildman–Crippen MR) is 77.3 cm³/mol. The van der Waals surface area contributed by atoms with Crippen molar-refractivity contribution in [2.75, 3.05) is 13.6 Å². The van der Waals surface area contributed by atoms with Gasteiger partial charge in [-0.1, -0.05) is 19.1 Å². The number of hydrogen-bond donors (Lipinski definition) is 2. The van der Waals surface area contributed by atoms with Gasteiger partial charge in [0.15, 0.2) is 6.10 Å². The van der Waals surface area contributed by atoms with Crippen molar-refractivity contribution in [1.29, 1.82) is 0 Å². The summed E-state index contributed by atoms with van der Waals surface area (Å²) in [4.78, 5) is 11.4. The van der Waals surface area contributed by atoms with Crippen LogP contribution in [0.5, 0.6) is 5.75 Å². The van der Waals surface area contributed by atoms with Gasteiger partial charge in [0.25, 0.3) is 5.91 Å². The molecule has 4 nitrogen and oxygen atoms in total. The Kier molecular flexibility index (Phi) is 6.36. The molecule has 106 valence electrons. The van der Waals surface area contributed by atoms with E-state index < -0.39 is 6.10 Å².